The zero-order chi connectivity index (χ0) is 14.3. The third-order valence-corrected chi connectivity index (χ3v) is 3.10. The minimum Gasteiger partial charge on any atom is -0.478 e. The van der Waals surface area contributed by atoms with Gasteiger partial charge in [0.15, 0.2) is 0 Å². The van der Waals surface area contributed by atoms with E-state index < -0.39 is 11.9 Å². The van der Waals surface area contributed by atoms with Gasteiger partial charge in [0.1, 0.15) is 0 Å². The summed E-state index contributed by atoms with van der Waals surface area (Å²) in [5.74, 6) is -1.26. The maximum atomic E-state index is 10.4. The predicted molar refractivity (Wildman–Crippen MR) is 70.3 cm³/mol. The van der Waals surface area contributed by atoms with E-state index in [4.69, 9.17) is 10.2 Å². The normalized spacial score (nSPS) is 13.5. The highest BCUT2D eigenvalue weighted by Gasteiger charge is 2.28. The van der Waals surface area contributed by atoms with Crippen LogP contribution in [0.2, 0.25) is 0 Å². The zero-order valence-corrected chi connectivity index (χ0v) is 11.1. The first kappa shape index (κ1) is 16.4. The van der Waals surface area contributed by atoms with E-state index in [0.717, 1.165) is 25.7 Å². The number of carboxylic acids is 2. The van der Waals surface area contributed by atoms with Gasteiger partial charge in [-0.05, 0) is 37.5 Å². The Bertz CT molecular complexity index is 336. The number of hydrogen-bond acceptors (Lipinski definition) is 2. The summed E-state index contributed by atoms with van der Waals surface area (Å²) < 4.78 is 0. The van der Waals surface area contributed by atoms with Crippen molar-refractivity contribution in [3.8, 4) is 0 Å². The van der Waals surface area contributed by atoms with Crippen molar-refractivity contribution < 1.29 is 19.8 Å². The summed E-state index contributed by atoms with van der Waals surface area (Å²) in [6, 6.07) is 0. The van der Waals surface area contributed by atoms with Crippen molar-refractivity contribution in [1.82, 2.24) is 0 Å². The summed E-state index contributed by atoms with van der Waals surface area (Å²) in [6.45, 7) is 10.9. The van der Waals surface area contributed by atoms with Crippen LogP contribution in [0.1, 0.15) is 39.5 Å². The fraction of sp³-hybridized carbons (Fsp3) is 0.571. The first-order chi connectivity index (χ1) is 8.34. The molecule has 0 atom stereocenters. The minimum atomic E-state index is -0.867. The van der Waals surface area contributed by atoms with Crippen molar-refractivity contribution in [3.63, 3.8) is 0 Å². The van der Waals surface area contributed by atoms with Crippen molar-refractivity contribution in [2.75, 3.05) is 0 Å². The van der Waals surface area contributed by atoms with Crippen molar-refractivity contribution in [2.24, 2.45) is 11.8 Å². The highest BCUT2D eigenvalue weighted by molar-refractivity contribution is 5.87. The SMILES string of the molecule is C=C(C(=O)O)C(CC)CC.C=C(C(=O)O)C1CC1. The summed E-state index contributed by atoms with van der Waals surface area (Å²) in [6.07, 6.45) is 3.76. The van der Waals surface area contributed by atoms with Gasteiger partial charge in [0.05, 0.1) is 0 Å². The molecule has 0 unspecified atom stereocenters. The molecule has 1 rings (SSSR count). The maximum absolute atomic E-state index is 10.4. The molecule has 1 fully saturated rings. The van der Waals surface area contributed by atoms with Gasteiger partial charge in [0.25, 0.3) is 0 Å². The lowest BCUT2D eigenvalue weighted by Gasteiger charge is -2.10. The molecule has 0 saturated heterocycles. The fourth-order valence-electron chi connectivity index (χ4n) is 1.56. The first-order valence-electron chi connectivity index (χ1n) is 6.19. The largest absolute Gasteiger partial charge is 0.478 e. The molecule has 0 aliphatic heterocycles. The Morgan fingerprint density at radius 2 is 1.56 bits per heavy atom. The van der Waals surface area contributed by atoms with Gasteiger partial charge in [-0.2, -0.15) is 0 Å². The first-order valence-corrected chi connectivity index (χ1v) is 6.19. The standard InChI is InChI=1S/C8H14O2.C6H8O2/c1-4-7(5-2)6(3)8(9)10;1-4(6(7)8)5-2-3-5/h7H,3-5H2,1-2H3,(H,9,10);5H,1-3H2,(H,7,8). The van der Waals surface area contributed by atoms with Crippen molar-refractivity contribution in [2.45, 2.75) is 39.5 Å². The highest BCUT2D eigenvalue weighted by atomic mass is 16.4. The van der Waals surface area contributed by atoms with E-state index in [1.165, 1.54) is 0 Å². The zero-order valence-electron chi connectivity index (χ0n) is 11.1. The topological polar surface area (TPSA) is 74.6 Å². The van der Waals surface area contributed by atoms with E-state index in [1.807, 2.05) is 13.8 Å². The second kappa shape index (κ2) is 7.69. The number of hydrogen-bond donors (Lipinski definition) is 2. The monoisotopic (exact) mass is 254 g/mol. The summed E-state index contributed by atoms with van der Waals surface area (Å²) >= 11 is 0. The van der Waals surface area contributed by atoms with Crippen molar-refractivity contribution in [3.05, 3.63) is 24.3 Å². The molecule has 18 heavy (non-hydrogen) atoms. The fourth-order valence-corrected chi connectivity index (χ4v) is 1.56. The van der Waals surface area contributed by atoms with Crippen LogP contribution in [0.15, 0.2) is 24.3 Å². The molecule has 0 radical (unpaired) electrons. The van der Waals surface area contributed by atoms with Crippen LogP contribution in [0, 0.1) is 11.8 Å². The van der Waals surface area contributed by atoms with Gasteiger partial charge >= 0.3 is 11.9 Å². The minimum absolute atomic E-state index is 0.150. The predicted octanol–water partition coefficient (Wildman–Crippen LogP) is 3.10. The van der Waals surface area contributed by atoms with Gasteiger partial charge < -0.3 is 10.2 Å². The summed E-state index contributed by atoms with van der Waals surface area (Å²) in [5.41, 5.74) is 0.718. The van der Waals surface area contributed by atoms with Gasteiger partial charge in [0.2, 0.25) is 0 Å². The van der Waals surface area contributed by atoms with Crippen LogP contribution in [-0.4, -0.2) is 22.2 Å². The molecule has 0 heterocycles. The third kappa shape index (κ3) is 5.66. The molecule has 1 aliphatic rings. The van der Waals surface area contributed by atoms with Crippen LogP contribution in [0.25, 0.3) is 0 Å². The Morgan fingerprint density at radius 3 is 1.67 bits per heavy atom. The molecule has 0 spiro atoms. The second-order valence-electron chi connectivity index (χ2n) is 4.45. The average molecular weight is 254 g/mol. The molecule has 2 N–H and O–H groups in total. The average Bonchev–Trinajstić information content (AvgIpc) is 3.14. The number of carbonyl (C=O) groups is 2. The molecule has 4 nitrogen and oxygen atoms in total. The number of rotatable bonds is 6. The van der Waals surface area contributed by atoms with Gasteiger partial charge in [-0.1, -0.05) is 27.0 Å². The van der Waals surface area contributed by atoms with E-state index in [9.17, 15) is 9.59 Å². The van der Waals surface area contributed by atoms with Crippen LogP contribution < -0.4 is 0 Å². The van der Waals surface area contributed by atoms with E-state index in [-0.39, 0.29) is 5.92 Å². The van der Waals surface area contributed by atoms with E-state index >= 15 is 0 Å². The van der Waals surface area contributed by atoms with E-state index in [0.29, 0.717) is 17.1 Å². The Morgan fingerprint density at radius 1 is 1.11 bits per heavy atom. The molecule has 0 aromatic heterocycles. The van der Waals surface area contributed by atoms with E-state index in [2.05, 4.69) is 13.2 Å². The molecule has 102 valence electrons. The molecule has 1 aliphatic carbocycles. The smallest absolute Gasteiger partial charge is 0.331 e. The quantitative estimate of drug-likeness (QED) is 0.714. The second-order valence-corrected chi connectivity index (χ2v) is 4.45. The molecule has 1 saturated carbocycles. The van der Waals surface area contributed by atoms with Crippen LogP contribution in [0.4, 0.5) is 0 Å². The lowest BCUT2D eigenvalue weighted by atomic mass is 9.95. The lowest BCUT2D eigenvalue weighted by molar-refractivity contribution is -0.134. The van der Waals surface area contributed by atoms with E-state index in [1.54, 1.807) is 0 Å². The third-order valence-electron chi connectivity index (χ3n) is 3.10. The molecular weight excluding hydrogens is 232 g/mol. The lowest BCUT2D eigenvalue weighted by Crippen LogP contribution is -2.09. The Kier molecular flexibility index (Phi) is 7.01. The number of aliphatic carboxylic acids is 2. The Labute approximate surface area is 108 Å². The molecular formula is C14H22O4. The van der Waals surface area contributed by atoms with Crippen molar-refractivity contribution >= 4 is 11.9 Å². The van der Waals surface area contributed by atoms with Gasteiger partial charge in [-0.25, -0.2) is 9.59 Å². The number of carboxylic acid groups (broad SMARTS) is 2. The molecule has 0 amide bonds. The highest BCUT2D eigenvalue weighted by Crippen LogP contribution is 2.35. The Balaban J connectivity index is 0.000000327. The van der Waals surface area contributed by atoms with Crippen LogP contribution in [-0.2, 0) is 9.59 Å². The van der Waals surface area contributed by atoms with Gasteiger partial charge in [-0.3, -0.25) is 0 Å². The molecule has 0 bridgehead atoms. The van der Waals surface area contributed by atoms with Crippen LogP contribution in [0.3, 0.4) is 0 Å². The van der Waals surface area contributed by atoms with Crippen molar-refractivity contribution in [1.29, 1.82) is 0 Å². The molecule has 4 heteroatoms. The Hall–Kier alpha value is -1.58. The molecule has 0 aromatic carbocycles. The molecule has 0 aromatic rings. The van der Waals surface area contributed by atoms with Crippen LogP contribution in [0.5, 0.6) is 0 Å². The maximum Gasteiger partial charge on any atom is 0.331 e. The van der Waals surface area contributed by atoms with Crippen LogP contribution >= 0.6 is 0 Å². The summed E-state index contributed by atoms with van der Waals surface area (Å²) in [4.78, 5) is 20.4. The summed E-state index contributed by atoms with van der Waals surface area (Å²) in [7, 11) is 0. The summed E-state index contributed by atoms with van der Waals surface area (Å²) in [5, 5.41) is 16.8. The van der Waals surface area contributed by atoms with Gasteiger partial charge in [-0.15, -0.1) is 0 Å². The van der Waals surface area contributed by atoms with Gasteiger partial charge in [0, 0.05) is 11.1 Å².